The summed E-state index contributed by atoms with van der Waals surface area (Å²) in [5.74, 6) is -0.805. The number of hydrogen-bond acceptors (Lipinski definition) is 5. The van der Waals surface area contributed by atoms with E-state index in [4.69, 9.17) is 9.84 Å². The standard InChI is InChI=1S/C21H21NO5SSe/c1-13-4-6-16(7-5-13)21-22-15(3)19(29-21)12-28(25,26)17-8-9-18(14(2)10-17)27-11-20(23)24/h4-10H,11-12H2,1-3H3,(H,23,24). The van der Waals surface area contributed by atoms with Gasteiger partial charge in [-0.25, -0.2) is 0 Å². The van der Waals surface area contributed by atoms with Gasteiger partial charge in [-0.1, -0.05) is 0 Å². The Kier molecular flexibility index (Phi) is 6.27. The first-order chi connectivity index (χ1) is 13.7. The van der Waals surface area contributed by atoms with Crippen molar-refractivity contribution >= 4 is 30.3 Å². The Morgan fingerprint density at radius 1 is 1.10 bits per heavy atom. The van der Waals surface area contributed by atoms with Crippen LogP contribution in [0, 0.1) is 20.8 Å². The van der Waals surface area contributed by atoms with Gasteiger partial charge in [-0.05, 0) is 0 Å². The molecule has 0 fully saturated rings. The fraction of sp³-hybridized carbons (Fsp3) is 0.238. The minimum absolute atomic E-state index is 0.0769. The zero-order chi connectivity index (χ0) is 21.2. The summed E-state index contributed by atoms with van der Waals surface area (Å²) in [7, 11) is -3.55. The number of sulfone groups is 1. The first-order valence-corrected chi connectivity index (χ1v) is 12.2. The second-order valence-corrected chi connectivity index (χ2v) is 11.0. The van der Waals surface area contributed by atoms with Crippen LogP contribution in [0.5, 0.6) is 5.75 Å². The van der Waals surface area contributed by atoms with Crippen LogP contribution >= 0.6 is 0 Å². The van der Waals surface area contributed by atoms with E-state index in [0.29, 0.717) is 11.3 Å². The maximum absolute atomic E-state index is 12.9. The molecule has 0 amide bonds. The summed E-state index contributed by atoms with van der Waals surface area (Å²) in [6.07, 6.45) is 0. The molecule has 0 spiro atoms. The number of carboxylic acid groups (broad SMARTS) is 1. The predicted octanol–water partition coefficient (Wildman–Crippen LogP) is 3.17. The number of ether oxygens (including phenoxy) is 1. The van der Waals surface area contributed by atoms with Gasteiger partial charge in [0.05, 0.1) is 0 Å². The molecule has 0 radical (unpaired) electrons. The molecule has 3 aromatic rings. The summed E-state index contributed by atoms with van der Waals surface area (Å²) in [5, 5.41) is 8.72. The van der Waals surface area contributed by atoms with E-state index in [1.54, 1.807) is 6.92 Å². The van der Waals surface area contributed by atoms with Crippen LogP contribution in [0.15, 0.2) is 47.4 Å². The molecule has 0 aliphatic carbocycles. The summed E-state index contributed by atoms with van der Waals surface area (Å²) in [6, 6.07) is 12.6. The van der Waals surface area contributed by atoms with Crippen LogP contribution in [0.3, 0.4) is 0 Å². The van der Waals surface area contributed by atoms with E-state index in [0.717, 1.165) is 20.3 Å². The Labute approximate surface area is 175 Å². The molecule has 29 heavy (non-hydrogen) atoms. The number of aryl methyl sites for hydroxylation is 3. The van der Waals surface area contributed by atoms with Gasteiger partial charge in [-0.2, -0.15) is 0 Å². The molecule has 0 unspecified atom stereocenters. The first-order valence-electron chi connectivity index (χ1n) is 8.87. The van der Waals surface area contributed by atoms with Crippen molar-refractivity contribution in [3.05, 3.63) is 63.7 Å². The van der Waals surface area contributed by atoms with Crippen LogP contribution in [0.25, 0.3) is 10.1 Å². The minimum atomic E-state index is -3.55. The van der Waals surface area contributed by atoms with Gasteiger partial charge in [0.25, 0.3) is 0 Å². The van der Waals surface area contributed by atoms with Crippen molar-refractivity contribution in [2.24, 2.45) is 0 Å². The van der Waals surface area contributed by atoms with Gasteiger partial charge in [0, 0.05) is 0 Å². The van der Waals surface area contributed by atoms with E-state index in [-0.39, 0.29) is 25.2 Å². The van der Waals surface area contributed by atoms with Gasteiger partial charge < -0.3 is 0 Å². The zero-order valence-electron chi connectivity index (χ0n) is 16.3. The molecule has 2 aromatic carbocycles. The summed E-state index contributed by atoms with van der Waals surface area (Å²) in [4.78, 5) is 15.4. The molecule has 0 saturated carbocycles. The Morgan fingerprint density at radius 3 is 2.41 bits per heavy atom. The van der Waals surface area contributed by atoms with Crippen molar-refractivity contribution < 1.29 is 23.1 Å². The molecule has 0 atom stereocenters. The van der Waals surface area contributed by atoms with Crippen molar-refractivity contribution in [2.45, 2.75) is 31.4 Å². The molecule has 0 aliphatic rings. The second-order valence-electron chi connectivity index (χ2n) is 6.76. The number of carbonyl (C=O) groups is 1. The van der Waals surface area contributed by atoms with Crippen molar-refractivity contribution in [1.82, 2.24) is 4.98 Å². The van der Waals surface area contributed by atoms with Gasteiger partial charge in [-0.15, -0.1) is 0 Å². The molecular formula is C21H21NO5SSe. The molecule has 3 rings (SSSR count). The van der Waals surface area contributed by atoms with Crippen molar-refractivity contribution in [3.8, 4) is 15.9 Å². The van der Waals surface area contributed by atoms with Gasteiger partial charge in [0.2, 0.25) is 0 Å². The van der Waals surface area contributed by atoms with Gasteiger partial charge >= 0.3 is 176 Å². The Morgan fingerprint density at radius 2 is 1.79 bits per heavy atom. The Balaban J connectivity index is 1.83. The molecule has 0 aliphatic heterocycles. The van der Waals surface area contributed by atoms with E-state index < -0.39 is 22.4 Å². The number of carboxylic acids is 1. The molecule has 1 aromatic heterocycles. The summed E-state index contributed by atoms with van der Waals surface area (Å²) >= 11 is -0.147. The third kappa shape index (κ3) is 5.15. The van der Waals surface area contributed by atoms with Crippen LogP contribution in [-0.2, 0) is 20.4 Å². The average Bonchev–Trinajstić information content (AvgIpc) is 3.01. The van der Waals surface area contributed by atoms with Crippen LogP contribution in [0.1, 0.15) is 21.3 Å². The van der Waals surface area contributed by atoms with Crippen molar-refractivity contribution in [1.29, 1.82) is 0 Å². The number of hydrogen-bond donors (Lipinski definition) is 1. The van der Waals surface area contributed by atoms with Gasteiger partial charge in [0.15, 0.2) is 0 Å². The molecule has 0 saturated heterocycles. The average molecular weight is 478 g/mol. The topological polar surface area (TPSA) is 93.6 Å². The Hall–Kier alpha value is -2.41. The number of nitrogens with zero attached hydrogens (tertiary/aromatic N) is 1. The predicted molar refractivity (Wildman–Crippen MR) is 111 cm³/mol. The summed E-state index contributed by atoms with van der Waals surface area (Å²) in [6.45, 7) is 5.09. The third-order valence-corrected chi connectivity index (χ3v) is 8.95. The van der Waals surface area contributed by atoms with E-state index in [9.17, 15) is 13.2 Å². The molecule has 8 heteroatoms. The molecule has 152 valence electrons. The quantitative estimate of drug-likeness (QED) is 0.525. The molecule has 6 nitrogen and oxygen atoms in total. The normalized spacial score (nSPS) is 11.4. The van der Waals surface area contributed by atoms with Crippen LogP contribution in [0.2, 0.25) is 0 Å². The van der Waals surface area contributed by atoms with Crippen LogP contribution in [0.4, 0.5) is 0 Å². The van der Waals surface area contributed by atoms with Gasteiger partial charge in [-0.3, -0.25) is 0 Å². The van der Waals surface area contributed by atoms with E-state index >= 15 is 0 Å². The third-order valence-electron chi connectivity index (χ3n) is 4.37. The van der Waals surface area contributed by atoms with Crippen LogP contribution in [-0.4, -0.2) is 45.6 Å². The van der Waals surface area contributed by atoms with Crippen molar-refractivity contribution in [2.75, 3.05) is 6.61 Å². The molecule has 1 heterocycles. The summed E-state index contributed by atoms with van der Waals surface area (Å²) in [5.41, 5.74) is 3.53. The molecule has 0 bridgehead atoms. The zero-order valence-corrected chi connectivity index (χ0v) is 18.8. The van der Waals surface area contributed by atoms with Crippen LogP contribution < -0.4 is 4.74 Å². The fourth-order valence-electron chi connectivity index (χ4n) is 2.75. The Bertz CT molecular complexity index is 1150. The fourth-order valence-corrected chi connectivity index (χ4v) is 7.32. The van der Waals surface area contributed by atoms with E-state index in [1.807, 2.05) is 38.1 Å². The summed E-state index contributed by atoms with van der Waals surface area (Å²) < 4.78 is 32.8. The number of benzene rings is 2. The number of rotatable bonds is 7. The van der Waals surface area contributed by atoms with E-state index in [1.165, 1.54) is 23.8 Å². The first kappa shape index (κ1) is 21.3. The molecular weight excluding hydrogens is 457 g/mol. The molecule has 1 N–H and O–H groups in total. The van der Waals surface area contributed by atoms with E-state index in [2.05, 4.69) is 4.98 Å². The van der Waals surface area contributed by atoms with Gasteiger partial charge in [0.1, 0.15) is 0 Å². The second kappa shape index (κ2) is 8.53. The monoisotopic (exact) mass is 479 g/mol. The maximum atomic E-state index is 12.9. The van der Waals surface area contributed by atoms with Crippen molar-refractivity contribution in [3.63, 3.8) is 0 Å². The number of aromatic nitrogens is 1. The SMILES string of the molecule is Cc1ccc(-c2nc(C)c(CS(=O)(=O)c3ccc(OCC(=O)O)c(C)c3)[se]2)cc1. The number of aliphatic carboxylic acids is 1.